The molecule has 7 heterocycles. The van der Waals surface area contributed by atoms with E-state index in [1.54, 1.807) is 12.3 Å². The lowest BCUT2D eigenvalue weighted by molar-refractivity contribution is 0.0939. The number of hydrogen-bond acceptors (Lipinski definition) is 11. The number of hydrogen-bond donors (Lipinski definition) is 2. The highest BCUT2D eigenvalue weighted by Gasteiger charge is 2.34. The van der Waals surface area contributed by atoms with Crippen LogP contribution >= 0.6 is 0 Å². The number of pyridine rings is 2. The number of anilines is 2. The maximum Gasteiger partial charge on any atom is 0.259 e. The molecular weight excluding hydrogens is 506 g/mol. The van der Waals surface area contributed by atoms with Gasteiger partial charge in [0.05, 0.1) is 12.3 Å². The van der Waals surface area contributed by atoms with E-state index in [1.165, 1.54) is 4.52 Å². The van der Waals surface area contributed by atoms with Gasteiger partial charge in [-0.2, -0.15) is 19.5 Å². The Morgan fingerprint density at radius 3 is 2.50 bits per heavy atom. The zero-order valence-electron chi connectivity index (χ0n) is 22.0. The average Bonchev–Trinajstić information content (AvgIpc) is 3.69. The first-order valence-corrected chi connectivity index (χ1v) is 13.7. The van der Waals surface area contributed by atoms with E-state index in [0.717, 1.165) is 56.7 Å². The van der Waals surface area contributed by atoms with Gasteiger partial charge in [-0.25, -0.2) is 0 Å². The van der Waals surface area contributed by atoms with Crippen LogP contribution in [0.2, 0.25) is 0 Å². The van der Waals surface area contributed by atoms with Crippen molar-refractivity contribution >= 4 is 17.7 Å². The van der Waals surface area contributed by atoms with Gasteiger partial charge in [0, 0.05) is 63.6 Å². The maximum absolute atomic E-state index is 6.25. The molecule has 12 heteroatoms. The Balaban J connectivity index is 1.00. The first kappa shape index (κ1) is 24.6. The molecule has 0 amide bonds. The summed E-state index contributed by atoms with van der Waals surface area (Å²) in [5, 5.41) is 8.22. The van der Waals surface area contributed by atoms with E-state index in [1.807, 2.05) is 43.0 Å². The molecule has 0 saturated carbocycles. The Labute approximate surface area is 231 Å². The molecule has 0 radical (unpaired) electrons. The van der Waals surface area contributed by atoms with Gasteiger partial charge in [0.2, 0.25) is 17.7 Å². The predicted molar refractivity (Wildman–Crippen MR) is 149 cm³/mol. The molecule has 3 N–H and O–H groups in total. The minimum Gasteiger partial charge on any atom is -0.461 e. The quantitative estimate of drug-likeness (QED) is 0.316. The van der Waals surface area contributed by atoms with Gasteiger partial charge in [-0.1, -0.05) is 12.1 Å². The van der Waals surface area contributed by atoms with E-state index in [4.69, 9.17) is 15.1 Å². The van der Waals surface area contributed by atoms with Crippen LogP contribution < -0.4 is 16.0 Å². The summed E-state index contributed by atoms with van der Waals surface area (Å²) in [6.07, 6.45) is 11.4. The second kappa shape index (κ2) is 10.6. The second-order valence-electron chi connectivity index (χ2n) is 10.5. The summed E-state index contributed by atoms with van der Waals surface area (Å²) in [7, 11) is 0. The van der Waals surface area contributed by atoms with E-state index in [9.17, 15) is 0 Å². The molecule has 2 aliphatic rings. The van der Waals surface area contributed by atoms with Gasteiger partial charge in [0.1, 0.15) is 0 Å². The Kier molecular flexibility index (Phi) is 6.54. The predicted octanol–water partition coefficient (Wildman–Crippen LogP) is 2.43. The number of furan rings is 1. The van der Waals surface area contributed by atoms with Crippen LogP contribution in [0.3, 0.4) is 0 Å². The van der Waals surface area contributed by atoms with Crippen molar-refractivity contribution in [3.63, 3.8) is 0 Å². The minimum atomic E-state index is 0.0694. The Morgan fingerprint density at radius 1 is 0.950 bits per heavy atom. The van der Waals surface area contributed by atoms with Crippen molar-refractivity contribution in [2.24, 2.45) is 5.92 Å². The molecule has 0 bridgehead atoms. The zero-order valence-corrected chi connectivity index (χ0v) is 22.0. The molecule has 2 saturated heterocycles. The van der Waals surface area contributed by atoms with Crippen LogP contribution in [0.15, 0.2) is 71.9 Å². The highest BCUT2D eigenvalue weighted by Crippen LogP contribution is 2.28. The van der Waals surface area contributed by atoms with Gasteiger partial charge >= 0.3 is 0 Å². The van der Waals surface area contributed by atoms with Crippen molar-refractivity contribution in [1.29, 1.82) is 0 Å². The lowest BCUT2D eigenvalue weighted by Crippen LogP contribution is -2.57. The first-order chi connectivity index (χ1) is 19.7. The summed E-state index contributed by atoms with van der Waals surface area (Å²) in [6, 6.07) is 12.3. The first-order valence-electron chi connectivity index (χ1n) is 13.7. The van der Waals surface area contributed by atoms with Crippen LogP contribution in [-0.2, 0) is 0 Å². The fourth-order valence-corrected chi connectivity index (χ4v) is 5.86. The van der Waals surface area contributed by atoms with Crippen molar-refractivity contribution in [2.45, 2.75) is 24.9 Å². The summed E-state index contributed by atoms with van der Waals surface area (Å²) < 4.78 is 6.88. The third kappa shape index (κ3) is 4.87. The van der Waals surface area contributed by atoms with Crippen molar-refractivity contribution in [1.82, 2.24) is 44.8 Å². The number of rotatable bonds is 7. The number of piperazine rings is 1. The molecule has 204 valence electrons. The van der Waals surface area contributed by atoms with Crippen molar-refractivity contribution in [2.75, 3.05) is 43.4 Å². The smallest absolute Gasteiger partial charge is 0.259 e. The molecule has 40 heavy (non-hydrogen) atoms. The van der Waals surface area contributed by atoms with Gasteiger partial charge in [-0.3, -0.25) is 14.9 Å². The van der Waals surface area contributed by atoms with Crippen molar-refractivity contribution < 1.29 is 4.42 Å². The fraction of sp³-hybridized carbons (Fsp3) is 0.357. The normalized spacial score (nSPS) is 19.8. The molecule has 0 aliphatic carbocycles. The Bertz CT molecular complexity index is 1520. The highest BCUT2D eigenvalue weighted by molar-refractivity contribution is 5.53. The lowest BCUT2D eigenvalue weighted by atomic mass is 9.90. The molecule has 2 aliphatic heterocycles. The van der Waals surface area contributed by atoms with Crippen LogP contribution in [0.4, 0.5) is 11.9 Å². The molecule has 12 nitrogen and oxygen atoms in total. The van der Waals surface area contributed by atoms with Gasteiger partial charge in [-0.15, -0.1) is 5.10 Å². The van der Waals surface area contributed by atoms with E-state index < -0.39 is 0 Å². The van der Waals surface area contributed by atoms with E-state index in [-0.39, 0.29) is 12.0 Å². The number of fused-ring (bicyclic) bond motifs is 2. The Morgan fingerprint density at radius 2 is 1.77 bits per heavy atom. The molecule has 0 spiro atoms. The minimum absolute atomic E-state index is 0.0694. The zero-order chi connectivity index (χ0) is 26.9. The molecule has 0 aromatic carbocycles. The van der Waals surface area contributed by atoms with Crippen LogP contribution in [0.5, 0.6) is 0 Å². The summed E-state index contributed by atoms with van der Waals surface area (Å²) in [4.78, 5) is 27.3. The van der Waals surface area contributed by atoms with Gasteiger partial charge in [-0.05, 0) is 54.2 Å². The van der Waals surface area contributed by atoms with Crippen LogP contribution in [0.1, 0.15) is 30.0 Å². The Hall–Kier alpha value is -4.42. The molecule has 2 fully saturated rings. The molecule has 5 aromatic heterocycles. The number of piperidine rings is 1. The number of nitrogens with zero attached hydrogens (tertiary/aromatic N) is 9. The number of aromatic nitrogens is 7. The highest BCUT2D eigenvalue weighted by atomic mass is 16.3. The summed E-state index contributed by atoms with van der Waals surface area (Å²) >= 11 is 0. The number of nitrogens with two attached hydrogens (primary N) is 1. The number of nitrogen functional groups attached to an aromatic ring is 1. The second-order valence-corrected chi connectivity index (χ2v) is 10.5. The van der Waals surface area contributed by atoms with Gasteiger partial charge < -0.3 is 20.4 Å². The largest absolute Gasteiger partial charge is 0.461 e. The topological polar surface area (TPSA) is 139 Å². The molecule has 7 rings (SSSR count). The molecule has 2 unspecified atom stereocenters. The molecular formula is C28H31N11O. The van der Waals surface area contributed by atoms with Crippen LogP contribution in [0, 0.1) is 5.92 Å². The maximum atomic E-state index is 6.25. The summed E-state index contributed by atoms with van der Waals surface area (Å²) in [6.45, 7) is 4.65. The van der Waals surface area contributed by atoms with Crippen LogP contribution in [-0.4, -0.2) is 78.2 Å². The average molecular weight is 538 g/mol. The third-order valence-corrected chi connectivity index (χ3v) is 7.90. The summed E-state index contributed by atoms with van der Waals surface area (Å²) in [5.41, 5.74) is 8.55. The van der Waals surface area contributed by atoms with E-state index in [0.29, 0.717) is 35.3 Å². The lowest BCUT2D eigenvalue weighted by Gasteiger charge is -2.46. The van der Waals surface area contributed by atoms with Crippen molar-refractivity contribution in [3.05, 3.63) is 78.6 Å². The molecule has 2 atom stereocenters. The van der Waals surface area contributed by atoms with E-state index >= 15 is 0 Å². The molecule has 5 aromatic rings. The third-order valence-electron chi connectivity index (χ3n) is 7.90. The monoisotopic (exact) mass is 537 g/mol. The van der Waals surface area contributed by atoms with Gasteiger partial charge in [0.15, 0.2) is 5.76 Å². The SMILES string of the molecule is Nc1nc(N2CCN3CC(CNC(c4cccnc4)c4cccnc4)CCC3C2)nc2nc(-c3ccco3)nn12. The summed E-state index contributed by atoms with van der Waals surface area (Å²) in [5.74, 6) is 2.86. The van der Waals surface area contributed by atoms with E-state index in [2.05, 4.69) is 52.3 Å². The fourth-order valence-electron chi connectivity index (χ4n) is 5.86. The van der Waals surface area contributed by atoms with Crippen molar-refractivity contribution in [3.8, 4) is 11.6 Å². The standard InChI is InChI=1S/C28H31N11O/c29-26-34-27(35-28-33-25(36-39(26)28)23-6-3-13-40-23)38-12-11-37-17-19(7-8-22(37)18-38)14-32-24(20-4-1-9-30-15-20)21-5-2-10-31-16-21/h1-6,9-10,13,15-16,19,22,24,32H,7-8,11-12,14,17-18H2,(H2,29,33,34,35,36). The van der Waals surface area contributed by atoms with Gasteiger partial charge in [0.25, 0.3) is 5.78 Å². The number of nitrogens with one attached hydrogen (secondary N) is 1. The van der Waals surface area contributed by atoms with Crippen LogP contribution in [0.25, 0.3) is 17.4 Å².